The highest BCUT2D eigenvalue weighted by molar-refractivity contribution is 5.92. The molecule has 1 aliphatic heterocycles. The Hall–Kier alpha value is -3.48. The van der Waals surface area contributed by atoms with E-state index < -0.39 is 0 Å². The highest BCUT2D eigenvalue weighted by Gasteiger charge is 2.21. The van der Waals surface area contributed by atoms with Crippen molar-refractivity contribution in [2.24, 2.45) is 0 Å². The molecular weight excluding hydrogens is 358 g/mol. The van der Waals surface area contributed by atoms with E-state index in [0.717, 1.165) is 17.1 Å². The number of nitrogens with zero attached hydrogens (tertiary/aromatic N) is 2. The maximum atomic E-state index is 12.3. The van der Waals surface area contributed by atoms with Crippen molar-refractivity contribution < 1.29 is 19.0 Å². The van der Waals surface area contributed by atoms with Crippen LogP contribution in [0.3, 0.4) is 0 Å². The van der Waals surface area contributed by atoms with Gasteiger partial charge in [-0.2, -0.15) is 5.10 Å². The minimum atomic E-state index is -0.146. The second-order valence-corrected chi connectivity index (χ2v) is 6.49. The zero-order chi connectivity index (χ0) is 19.3. The lowest BCUT2D eigenvalue weighted by atomic mass is 10.1. The molecule has 1 amide bonds. The lowest BCUT2D eigenvalue weighted by Crippen LogP contribution is -2.33. The molecular formula is C21H21N3O4. The van der Waals surface area contributed by atoms with Gasteiger partial charge in [0.2, 0.25) is 5.91 Å². The maximum Gasteiger partial charge on any atom is 0.229 e. The monoisotopic (exact) mass is 379 g/mol. The summed E-state index contributed by atoms with van der Waals surface area (Å²) in [4.78, 5) is 12.3. The van der Waals surface area contributed by atoms with Crippen LogP contribution in [0.4, 0.5) is 5.69 Å². The number of benzene rings is 2. The third-order valence-electron chi connectivity index (χ3n) is 4.42. The number of anilines is 1. The zero-order valence-electron chi connectivity index (χ0n) is 15.5. The van der Waals surface area contributed by atoms with Gasteiger partial charge < -0.3 is 19.5 Å². The number of nitrogens with one attached hydrogen (secondary N) is 1. The van der Waals surface area contributed by atoms with Crippen LogP contribution in [0.25, 0.3) is 0 Å². The summed E-state index contributed by atoms with van der Waals surface area (Å²) in [6.07, 6.45) is 3.49. The number of carbonyl (C=O) groups excluding carboxylic acids is 1. The van der Waals surface area contributed by atoms with Gasteiger partial charge in [-0.15, -0.1) is 0 Å². The molecule has 1 unspecified atom stereocenters. The van der Waals surface area contributed by atoms with E-state index in [2.05, 4.69) is 10.4 Å². The van der Waals surface area contributed by atoms with Gasteiger partial charge in [0, 0.05) is 11.8 Å². The van der Waals surface area contributed by atoms with E-state index in [1.807, 2.05) is 48.5 Å². The summed E-state index contributed by atoms with van der Waals surface area (Å²) in [5, 5.41) is 7.17. The highest BCUT2D eigenvalue weighted by Crippen LogP contribution is 2.31. The van der Waals surface area contributed by atoms with Crippen molar-refractivity contribution in [3.05, 3.63) is 66.5 Å². The summed E-state index contributed by atoms with van der Waals surface area (Å²) >= 11 is 0. The number of aromatic nitrogens is 2. The minimum Gasteiger partial charge on any atom is -0.496 e. The van der Waals surface area contributed by atoms with Crippen molar-refractivity contribution in [3.63, 3.8) is 0 Å². The van der Waals surface area contributed by atoms with Crippen molar-refractivity contribution in [1.29, 1.82) is 0 Å². The van der Waals surface area contributed by atoms with Crippen LogP contribution in [0.5, 0.6) is 17.2 Å². The molecule has 1 atom stereocenters. The van der Waals surface area contributed by atoms with E-state index >= 15 is 0 Å². The quantitative estimate of drug-likeness (QED) is 0.713. The molecule has 1 aromatic heterocycles. The van der Waals surface area contributed by atoms with Crippen LogP contribution in [0.2, 0.25) is 0 Å². The molecule has 4 rings (SSSR count). The predicted molar refractivity (Wildman–Crippen MR) is 104 cm³/mol. The average molecular weight is 379 g/mol. The van der Waals surface area contributed by atoms with Crippen LogP contribution < -0.4 is 19.5 Å². The first-order valence-electron chi connectivity index (χ1n) is 9.04. The van der Waals surface area contributed by atoms with Crippen molar-refractivity contribution in [3.8, 4) is 17.2 Å². The van der Waals surface area contributed by atoms with Gasteiger partial charge in [0.15, 0.2) is 17.6 Å². The Bertz CT molecular complexity index is 970. The van der Waals surface area contributed by atoms with Gasteiger partial charge in [0.05, 0.1) is 32.0 Å². The number of ether oxygens (including phenoxy) is 3. The topological polar surface area (TPSA) is 74.6 Å². The summed E-state index contributed by atoms with van der Waals surface area (Å²) in [5.74, 6) is 2.05. The highest BCUT2D eigenvalue weighted by atomic mass is 16.6. The van der Waals surface area contributed by atoms with Crippen LogP contribution in [-0.4, -0.2) is 35.5 Å². The van der Waals surface area contributed by atoms with Crippen LogP contribution in [0, 0.1) is 0 Å². The van der Waals surface area contributed by atoms with Crippen LogP contribution in [0.15, 0.2) is 60.9 Å². The summed E-state index contributed by atoms with van der Waals surface area (Å²) in [6.45, 7) is 0.975. The molecule has 2 aromatic carbocycles. The number of amides is 1. The summed E-state index contributed by atoms with van der Waals surface area (Å²) in [6, 6.07) is 15.1. The molecule has 28 heavy (non-hydrogen) atoms. The molecule has 3 aromatic rings. The molecule has 2 heterocycles. The second-order valence-electron chi connectivity index (χ2n) is 6.49. The summed E-state index contributed by atoms with van der Waals surface area (Å²) < 4.78 is 18.7. The molecule has 0 aliphatic carbocycles. The number of para-hydroxylation sites is 3. The van der Waals surface area contributed by atoms with Crippen LogP contribution >= 0.6 is 0 Å². The average Bonchev–Trinajstić information content (AvgIpc) is 3.14. The number of fused-ring (bicyclic) bond motifs is 1. The molecule has 7 heteroatoms. The van der Waals surface area contributed by atoms with E-state index in [9.17, 15) is 4.79 Å². The van der Waals surface area contributed by atoms with Gasteiger partial charge in [0.1, 0.15) is 12.4 Å². The lowest BCUT2D eigenvalue weighted by molar-refractivity contribution is -0.115. The largest absolute Gasteiger partial charge is 0.496 e. The van der Waals surface area contributed by atoms with Crippen molar-refractivity contribution >= 4 is 11.6 Å². The van der Waals surface area contributed by atoms with Gasteiger partial charge in [-0.3, -0.25) is 9.48 Å². The van der Waals surface area contributed by atoms with Gasteiger partial charge >= 0.3 is 0 Å². The van der Waals surface area contributed by atoms with Gasteiger partial charge in [0.25, 0.3) is 0 Å². The van der Waals surface area contributed by atoms with Gasteiger partial charge in [-0.1, -0.05) is 30.3 Å². The molecule has 0 saturated heterocycles. The fourth-order valence-corrected chi connectivity index (χ4v) is 3.12. The first kappa shape index (κ1) is 17.9. The van der Waals surface area contributed by atoms with Crippen LogP contribution in [-0.2, 0) is 17.8 Å². The van der Waals surface area contributed by atoms with Crippen LogP contribution in [0.1, 0.15) is 5.56 Å². The van der Waals surface area contributed by atoms with Crippen molar-refractivity contribution in [2.45, 2.75) is 19.1 Å². The number of methoxy groups -OCH3 is 1. The van der Waals surface area contributed by atoms with Gasteiger partial charge in [-0.05, 0) is 18.2 Å². The summed E-state index contributed by atoms with van der Waals surface area (Å²) in [7, 11) is 1.59. The second kappa shape index (κ2) is 8.04. The molecule has 0 saturated carbocycles. The molecule has 144 valence electrons. The maximum absolute atomic E-state index is 12.3. The van der Waals surface area contributed by atoms with E-state index in [0.29, 0.717) is 24.6 Å². The Balaban J connectivity index is 1.34. The fourth-order valence-electron chi connectivity index (χ4n) is 3.12. The summed E-state index contributed by atoms with van der Waals surface area (Å²) in [5.41, 5.74) is 1.47. The smallest absolute Gasteiger partial charge is 0.229 e. The molecule has 0 radical (unpaired) electrons. The molecule has 1 aliphatic rings. The SMILES string of the molecule is COc1ccccc1CC(=O)Nc1cnn(CC2COc3ccccc3O2)c1. The third kappa shape index (κ3) is 4.09. The van der Waals surface area contributed by atoms with E-state index in [-0.39, 0.29) is 18.4 Å². The lowest BCUT2D eigenvalue weighted by Gasteiger charge is -2.26. The molecule has 7 nitrogen and oxygen atoms in total. The van der Waals surface area contributed by atoms with Crippen molar-refractivity contribution in [1.82, 2.24) is 9.78 Å². The number of carbonyl (C=O) groups is 1. The Morgan fingerprint density at radius 3 is 2.86 bits per heavy atom. The standard InChI is InChI=1S/C21H21N3O4/c1-26-18-7-3-2-6-15(18)10-21(25)23-16-11-22-24(12-16)13-17-14-27-19-8-4-5-9-20(19)28-17/h2-9,11-12,17H,10,13-14H2,1H3,(H,23,25). The van der Waals surface area contributed by atoms with Crippen molar-refractivity contribution in [2.75, 3.05) is 19.0 Å². The number of rotatable bonds is 6. The normalized spacial score (nSPS) is 15.1. The fraction of sp³-hybridized carbons (Fsp3) is 0.238. The van der Waals surface area contributed by atoms with E-state index in [1.54, 1.807) is 24.2 Å². The Morgan fingerprint density at radius 2 is 2.00 bits per heavy atom. The van der Waals surface area contributed by atoms with E-state index in [1.165, 1.54) is 0 Å². The number of hydrogen-bond acceptors (Lipinski definition) is 5. The molecule has 0 fully saturated rings. The van der Waals surface area contributed by atoms with Gasteiger partial charge in [-0.25, -0.2) is 0 Å². The minimum absolute atomic E-state index is 0.129. The zero-order valence-corrected chi connectivity index (χ0v) is 15.5. The molecule has 1 N–H and O–H groups in total. The predicted octanol–water partition coefficient (Wildman–Crippen LogP) is 2.91. The molecule has 0 bridgehead atoms. The Labute approximate surface area is 162 Å². The first-order chi connectivity index (χ1) is 13.7. The van der Waals surface area contributed by atoms with E-state index in [4.69, 9.17) is 14.2 Å². The first-order valence-corrected chi connectivity index (χ1v) is 9.04. The Kier molecular flexibility index (Phi) is 5.14. The third-order valence-corrected chi connectivity index (χ3v) is 4.42. The molecule has 0 spiro atoms. The Morgan fingerprint density at radius 1 is 1.21 bits per heavy atom. The number of hydrogen-bond donors (Lipinski definition) is 1.